The summed E-state index contributed by atoms with van der Waals surface area (Å²) in [6.45, 7) is 3.97. The first-order valence-electron chi connectivity index (χ1n) is 5.00. The van der Waals surface area contributed by atoms with E-state index >= 15 is 0 Å². The number of hydrogen-bond acceptors (Lipinski definition) is 3. The van der Waals surface area contributed by atoms with Crippen molar-refractivity contribution >= 4 is 24.0 Å². The molecule has 0 fully saturated rings. The Morgan fingerprint density at radius 3 is 2.75 bits per heavy atom. The summed E-state index contributed by atoms with van der Waals surface area (Å²) in [7, 11) is 0. The first kappa shape index (κ1) is 15.5. The van der Waals surface area contributed by atoms with Gasteiger partial charge in [0.25, 0.3) is 0 Å². The maximum Gasteiger partial charge on any atom is 0.137 e. The maximum absolute atomic E-state index is 8.60. The van der Waals surface area contributed by atoms with Crippen LogP contribution in [0.2, 0.25) is 5.02 Å². The Hall–Kier alpha value is -0.480. The second-order valence-corrected chi connectivity index (χ2v) is 3.51. The van der Waals surface area contributed by atoms with E-state index in [9.17, 15) is 0 Å². The van der Waals surface area contributed by atoms with Gasteiger partial charge in [0.15, 0.2) is 0 Å². The predicted octanol–water partition coefficient (Wildman–Crippen LogP) is 2.24. The summed E-state index contributed by atoms with van der Waals surface area (Å²) in [5.41, 5.74) is 1.08. The number of halogens is 2. The minimum Gasteiger partial charge on any atom is -0.492 e. The molecule has 16 heavy (non-hydrogen) atoms. The van der Waals surface area contributed by atoms with Crippen molar-refractivity contribution in [1.29, 1.82) is 0 Å². The summed E-state index contributed by atoms with van der Waals surface area (Å²) < 4.78 is 5.32. The SMILES string of the molecule is CCOc1ccc(CNCCO)cc1Cl.Cl. The Labute approximate surface area is 107 Å². The van der Waals surface area contributed by atoms with Crippen molar-refractivity contribution in [3.8, 4) is 5.75 Å². The molecule has 0 radical (unpaired) electrons. The number of aliphatic hydroxyl groups excluding tert-OH is 1. The molecule has 1 aromatic rings. The van der Waals surface area contributed by atoms with Crippen LogP contribution in [0.3, 0.4) is 0 Å². The van der Waals surface area contributed by atoms with Gasteiger partial charge in [0.1, 0.15) is 5.75 Å². The third kappa shape index (κ3) is 5.03. The summed E-state index contributed by atoms with van der Waals surface area (Å²) in [6, 6.07) is 5.69. The van der Waals surface area contributed by atoms with Crippen molar-refractivity contribution in [2.75, 3.05) is 19.8 Å². The van der Waals surface area contributed by atoms with Crippen LogP contribution in [-0.4, -0.2) is 24.9 Å². The quantitative estimate of drug-likeness (QED) is 0.776. The van der Waals surface area contributed by atoms with Gasteiger partial charge in [-0.2, -0.15) is 0 Å². The molecule has 0 aliphatic heterocycles. The molecule has 0 aliphatic carbocycles. The number of ether oxygens (including phenoxy) is 1. The van der Waals surface area contributed by atoms with E-state index in [4.69, 9.17) is 21.4 Å². The van der Waals surface area contributed by atoms with Gasteiger partial charge in [0, 0.05) is 13.1 Å². The molecule has 0 unspecified atom stereocenters. The van der Waals surface area contributed by atoms with Gasteiger partial charge >= 0.3 is 0 Å². The smallest absolute Gasteiger partial charge is 0.137 e. The van der Waals surface area contributed by atoms with Crippen LogP contribution in [0.15, 0.2) is 18.2 Å². The lowest BCUT2D eigenvalue weighted by Crippen LogP contribution is -2.17. The highest BCUT2D eigenvalue weighted by Crippen LogP contribution is 2.25. The van der Waals surface area contributed by atoms with Gasteiger partial charge in [-0.05, 0) is 24.6 Å². The van der Waals surface area contributed by atoms with Crippen molar-refractivity contribution in [2.45, 2.75) is 13.5 Å². The molecule has 0 bridgehead atoms. The van der Waals surface area contributed by atoms with E-state index in [1.807, 2.05) is 25.1 Å². The fraction of sp³-hybridized carbons (Fsp3) is 0.455. The van der Waals surface area contributed by atoms with E-state index < -0.39 is 0 Å². The van der Waals surface area contributed by atoms with Crippen molar-refractivity contribution in [3.05, 3.63) is 28.8 Å². The lowest BCUT2D eigenvalue weighted by molar-refractivity contribution is 0.292. The van der Waals surface area contributed by atoms with Gasteiger partial charge in [-0.15, -0.1) is 12.4 Å². The molecule has 1 aromatic carbocycles. The average Bonchev–Trinajstić information content (AvgIpc) is 2.23. The van der Waals surface area contributed by atoms with E-state index in [1.165, 1.54) is 0 Å². The zero-order chi connectivity index (χ0) is 11.1. The topological polar surface area (TPSA) is 41.5 Å². The lowest BCUT2D eigenvalue weighted by Gasteiger charge is -2.08. The zero-order valence-electron chi connectivity index (χ0n) is 9.20. The molecule has 0 atom stereocenters. The second-order valence-electron chi connectivity index (χ2n) is 3.10. The molecule has 1 rings (SSSR count). The van der Waals surface area contributed by atoms with Gasteiger partial charge in [0.05, 0.1) is 18.2 Å². The van der Waals surface area contributed by atoms with Crippen LogP contribution in [0, 0.1) is 0 Å². The Bertz CT molecular complexity index is 308. The molecule has 0 aliphatic rings. The minimum absolute atomic E-state index is 0. The van der Waals surface area contributed by atoms with Crippen molar-refractivity contribution in [1.82, 2.24) is 5.32 Å². The molecule has 0 spiro atoms. The summed E-state index contributed by atoms with van der Waals surface area (Å²) >= 11 is 6.02. The zero-order valence-corrected chi connectivity index (χ0v) is 10.8. The molecule has 3 nitrogen and oxygen atoms in total. The Balaban J connectivity index is 0.00000225. The number of hydrogen-bond donors (Lipinski definition) is 2. The average molecular weight is 266 g/mol. The number of nitrogens with one attached hydrogen (secondary N) is 1. The van der Waals surface area contributed by atoms with Gasteiger partial charge in [0.2, 0.25) is 0 Å². The summed E-state index contributed by atoms with van der Waals surface area (Å²) in [5.74, 6) is 0.713. The molecular weight excluding hydrogens is 249 g/mol. The van der Waals surface area contributed by atoms with E-state index in [2.05, 4.69) is 5.32 Å². The molecule has 0 heterocycles. The Morgan fingerprint density at radius 1 is 1.44 bits per heavy atom. The van der Waals surface area contributed by atoms with Crippen LogP contribution >= 0.6 is 24.0 Å². The normalized spacial score (nSPS) is 9.69. The highest BCUT2D eigenvalue weighted by atomic mass is 35.5. The Kier molecular flexibility index (Phi) is 8.39. The van der Waals surface area contributed by atoms with Crippen LogP contribution < -0.4 is 10.1 Å². The van der Waals surface area contributed by atoms with E-state index in [-0.39, 0.29) is 19.0 Å². The summed E-state index contributed by atoms with van der Waals surface area (Å²) in [6.07, 6.45) is 0. The standard InChI is InChI=1S/C11H16ClNO2.ClH/c1-2-15-11-4-3-9(7-10(11)12)8-13-5-6-14;/h3-4,7,13-14H,2,5-6,8H2,1H3;1H. The largest absolute Gasteiger partial charge is 0.492 e. The van der Waals surface area contributed by atoms with Crippen LogP contribution in [0.25, 0.3) is 0 Å². The second kappa shape index (κ2) is 8.65. The molecule has 0 amide bonds. The first-order chi connectivity index (χ1) is 7.27. The van der Waals surface area contributed by atoms with Crippen molar-refractivity contribution < 1.29 is 9.84 Å². The highest BCUT2D eigenvalue weighted by molar-refractivity contribution is 6.32. The highest BCUT2D eigenvalue weighted by Gasteiger charge is 2.01. The number of rotatable bonds is 6. The third-order valence-electron chi connectivity index (χ3n) is 1.91. The molecule has 5 heteroatoms. The van der Waals surface area contributed by atoms with Crippen molar-refractivity contribution in [3.63, 3.8) is 0 Å². The minimum atomic E-state index is 0. The first-order valence-corrected chi connectivity index (χ1v) is 5.38. The van der Waals surface area contributed by atoms with Crippen LogP contribution in [-0.2, 0) is 6.54 Å². The fourth-order valence-corrected chi connectivity index (χ4v) is 1.50. The van der Waals surface area contributed by atoms with Crippen molar-refractivity contribution in [2.24, 2.45) is 0 Å². The fourth-order valence-electron chi connectivity index (χ4n) is 1.24. The molecule has 0 saturated carbocycles. The van der Waals surface area contributed by atoms with E-state index in [1.54, 1.807) is 0 Å². The summed E-state index contributed by atoms with van der Waals surface area (Å²) in [5, 5.41) is 12.3. The Morgan fingerprint density at radius 2 is 2.19 bits per heavy atom. The lowest BCUT2D eigenvalue weighted by atomic mass is 10.2. The molecule has 2 N–H and O–H groups in total. The molecule has 92 valence electrons. The monoisotopic (exact) mass is 265 g/mol. The number of benzene rings is 1. The van der Waals surface area contributed by atoms with Gasteiger partial charge in [-0.25, -0.2) is 0 Å². The molecule has 0 saturated heterocycles. The molecular formula is C11H17Cl2NO2. The van der Waals surface area contributed by atoms with Gasteiger partial charge in [-0.1, -0.05) is 17.7 Å². The van der Waals surface area contributed by atoms with E-state index in [0.717, 1.165) is 5.56 Å². The third-order valence-corrected chi connectivity index (χ3v) is 2.21. The van der Waals surface area contributed by atoms with E-state index in [0.29, 0.717) is 30.5 Å². The van der Waals surface area contributed by atoms with Crippen LogP contribution in [0.5, 0.6) is 5.75 Å². The maximum atomic E-state index is 8.60. The predicted molar refractivity (Wildman–Crippen MR) is 68.7 cm³/mol. The number of aliphatic hydroxyl groups is 1. The van der Waals surface area contributed by atoms with Crippen LogP contribution in [0.4, 0.5) is 0 Å². The van der Waals surface area contributed by atoms with Gasteiger partial charge < -0.3 is 15.2 Å². The summed E-state index contributed by atoms with van der Waals surface area (Å²) in [4.78, 5) is 0. The van der Waals surface area contributed by atoms with Gasteiger partial charge in [-0.3, -0.25) is 0 Å². The van der Waals surface area contributed by atoms with Crippen LogP contribution in [0.1, 0.15) is 12.5 Å². The molecule has 0 aromatic heterocycles.